The van der Waals surface area contributed by atoms with Crippen molar-refractivity contribution >= 4 is 34.6 Å². The van der Waals surface area contributed by atoms with Crippen molar-refractivity contribution in [3.63, 3.8) is 0 Å². The van der Waals surface area contributed by atoms with Crippen LogP contribution >= 0.6 is 22.6 Å². The van der Waals surface area contributed by atoms with E-state index < -0.39 is 5.91 Å². The molecular weight excluding hydrogens is 347 g/mol. The maximum atomic E-state index is 11.0. The molecule has 0 radical (unpaired) electrons. The molecular formula is C12H11IN2O3. The van der Waals surface area contributed by atoms with Crippen molar-refractivity contribution in [2.75, 3.05) is 14.2 Å². The van der Waals surface area contributed by atoms with E-state index >= 15 is 0 Å². The number of halogens is 1. The van der Waals surface area contributed by atoms with E-state index in [9.17, 15) is 4.79 Å². The van der Waals surface area contributed by atoms with Gasteiger partial charge in [0.1, 0.15) is 11.6 Å². The minimum atomic E-state index is -0.762. The fourth-order valence-corrected chi connectivity index (χ4v) is 2.19. The first-order chi connectivity index (χ1) is 8.53. The molecule has 1 aromatic carbocycles. The molecule has 6 heteroatoms. The van der Waals surface area contributed by atoms with Gasteiger partial charge in [-0.25, -0.2) is 0 Å². The maximum Gasteiger partial charge on any atom is 0.259 e. The van der Waals surface area contributed by atoms with E-state index in [0.717, 1.165) is 3.57 Å². The van der Waals surface area contributed by atoms with Gasteiger partial charge >= 0.3 is 0 Å². The number of hydrogen-bond donors (Lipinski definition) is 1. The maximum absolute atomic E-state index is 11.0. The second kappa shape index (κ2) is 6.26. The molecule has 0 heterocycles. The van der Waals surface area contributed by atoms with E-state index in [0.29, 0.717) is 17.1 Å². The highest BCUT2D eigenvalue weighted by Gasteiger charge is 2.11. The lowest BCUT2D eigenvalue weighted by Gasteiger charge is -2.10. The third-order valence-corrected chi connectivity index (χ3v) is 2.95. The lowest BCUT2D eigenvalue weighted by Crippen LogP contribution is -2.12. The van der Waals surface area contributed by atoms with Gasteiger partial charge in [0, 0.05) is 0 Å². The molecule has 0 fully saturated rings. The number of nitrogens with zero attached hydrogens (tertiary/aromatic N) is 1. The number of methoxy groups -OCH3 is 2. The van der Waals surface area contributed by atoms with Gasteiger partial charge in [-0.05, 0) is 46.4 Å². The van der Waals surface area contributed by atoms with Crippen molar-refractivity contribution in [3.05, 3.63) is 26.8 Å². The van der Waals surface area contributed by atoms with Crippen molar-refractivity contribution in [1.29, 1.82) is 5.26 Å². The average Bonchev–Trinajstić information content (AvgIpc) is 2.34. The molecule has 18 heavy (non-hydrogen) atoms. The summed E-state index contributed by atoms with van der Waals surface area (Å²) in [6, 6.07) is 5.18. The molecule has 5 nitrogen and oxygen atoms in total. The summed E-state index contributed by atoms with van der Waals surface area (Å²) in [6.07, 6.45) is 1.41. The summed E-state index contributed by atoms with van der Waals surface area (Å²) in [7, 11) is 3.06. The van der Waals surface area contributed by atoms with Crippen molar-refractivity contribution in [1.82, 2.24) is 0 Å². The minimum absolute atomic E-state index is 0.113. The Balaban J connectivity index is 3.33. The summed E-state index contributed by atoms with van der Waals surface area (Å²) in [5.74, 6) is 0.368. The van der Waals surface area contributed by atoms with Crippen LogP contribution in [0.15, 0.2) is 17.7 Å². The molecule has 1 rings (SSSR count). The Kier molecular flexibility index (Phi) is 4.97. The highest BCUT2D eigenvalue weighted by Crippen LogP contribution is 2.34. The van der Waals surface area contributed by atoms with Crippen molar-refractivity contribution < 1.29 is 14.3 Å². The van der Waals surface area contributed by atoms with E-state index in [2.05, 4.69) is 22.6 Å². The molecule has 0 aromatic heterocycles. The predicted molar refractivity (Wildman–Crippen MR) is 75.0 cm³/mol. The zero-order valence-corrected chi connectivity index (χ0v) is 12.0. The Morgan fingerprint density at radius 1 is 1.44 bits per heavy atom. The highest BCUT2D eigenvalue weighted by atomic mass is 127. The normalized spacial score (nSPS) is 10.7. The number of carbonyl (C=O) groups is 1. The summed E-state index contributed by atoms with van der Waals surface area (Å²) < 4.78 is 11.2. The van der Waals surface area contributed by atoms with Crippen LogP contribution in [-0.4, -0.2) is 20.1 Å². The Morgan fingerprint density at radius 2 is 2.11 bits per heavy atom. The summed E-state index contributed by atoms with van der Waals surface area (Å²) in [5.41, 5.74) is 5.60. The SMILES string of the molecule is COc1cc(/C=C(\C#N)C(N)=O)cc(I)c1OC. The monoisotopic (exact) mass is 358 g/mol. The third kappa shape index (κ3) is 3.13. The van der Waals surface area contributed by atoms with Gasteiger partial charge in [0.25, 0.3) is 5.91 Å². The number of amides is 1. The number of hydrogen-bond acceptors (Lipinski definition) is 4. The van der Waals surface area contributed by atoms with Gasteiger partial charge in [0.05, 0.1) is 17.8 Å². The fraction of sp³-hybridized carbons (Fsp3) is 0.167. The molecule has 0 aliphatic heterocycles. The number of ether oxygens (including phenoxy) is 2. The molecule has 0 aliphatic carbocycles. The van der Waals surface area contributed by atoms with Crippen LogP contribution in [0.3, 0.4) is 0 Å². The van der Waals surface area contributed by atoms with Gasteiger partial charge in [-0.3, -0.25) is 4.79 Å². The topological polar surface area (TPSA) is 85.3 Å². The van der Waals surface area contributed by atoms with Crippen molar-refractivity contribution in [3.8, 4) is 17.6 Å². The summed E-state index contributed by atoms with van der Waals surface area (Å²) >= 11 is 2.08. The quantitative estimate of drug-likeness (QED) is 0.504. The first-order valence-electron chi connectivity index (χ1n) is 4.86. The standard InChI is InChI=1S/C12H11IN2O3/c1-17-10-5-7(3-8(6-14)12(15)16)4-9(13)11(10)18-2/h3-5H,1-2H3,(H2,15,16)/b8-3+. The second-order valence-corrected chi connectivity index (χ2v) is 4.43. The summed E-state index contributed by atoms with van der Waals surface area (Å²) in [5, 5.41) is 8.78. The zero-order chi connectivity index (χ0) is 13.7. The summed E-state index contributed by atoms with van der Waals surface area (Å²) in [6.45, 7) is 0. The van der Waals surface area contributed by atoms with Gasteiger partial charge in [-0.2, -0.15) is 5.26 Å². The number of nitrogens with two attached hydrogens (primary N) is 1. The van der Waals surface area contributed by atoms with Crippen LogP contribution in [0, 0.1) is 14.9 Å². The highest BCUT2D eigenvalue weighted by molar-refractivity contribution is 14.1. The van der Waals surface area contributed by atoms with Crippen LogP contribution in [-0.2, 0) is 4.79 Å². The molecule has 0 aliphatic rings. The fourth-order valence-electron chi connectivity index (χ4n) is 1.35. The van der Waals surface area contributed by atoms with Crippen LogP contribution in [0.25, 0.3) is 6.08 Å². The molecule has 2 N–H and O–H groups in total. The van der Waals surface area contributed by atoms with Gasteiger partial charge in [-0.15, -0.1) is 0 Å². The van der Waals surface area contributed by atoms with Crippen molar-refractivity contribution in [2.45, 2.75) is 0 Å². The molecule has 0 atom stereocenters. The number of nitriles is 1. The Labute approximate surface area is 118 Å². The lowest BCUT2D eigenvalue weighted by molar-refractivity contribution is -0.114. The van der Waals surface area contributed by atoms with Crippen LogP contribution < -0.4 is 15.2 Å². The Bertz CT molecular complexity index is 547. The average molecular weight is 358 g/mol. The Hall–Kier alpha value is -1.75. The van der Waals surface area contributed by atoms with E-state index in [-0.39, 0.29) is 5.57 Å². The first kappa shape index (κ1) is 14.3. The second-order valence-electron chi connectivity index (χ2n) is 3.27. The van der Waals surface area contributed by atoms with Gasteiger partial charge < -0.3 is 15.2 Å². The summed E-state index contributed by atoms with van der Waals surface area (Å²) in [4.78, 5) is 11.0. The number of carbonyl (C=O) groups excluding carboxylic acids is 1. The van der Waals surface area contributed by atoms with Gasteiger partial charge in [-0.1, -0.05) is 0 Å². The minimum Gasteiger partial charge on any atom is -0.493 e. The van der Waals surface area contributed by atoms with E-state index in [1.54, 1.807) is 25.3 Å². The molecule has 0 bridgehead atoms. The zero-order valence-electron chi connectivity index (χ0n) is 9.86. The third-order valence-electron chi connectivity index (χ3n) is 2.15. The smallest absolute Gasteiger partial charge is 0.259 e. The van der Waals surface area contributed by atoms with Crippen LogP contribution in [0.1, 0.15) is 5.56 Å². The van der Waals surface area contributed by atoms with E-state index in [1.807, 2.05) is 0 Å². The van der Waals surface area contributed by atoms with Crippen molar-refractivity contribution in [2.24, 2.45) is 5.73 Å². The number of primary amides is 1. The molecule has 0 unspecified atom stereocenters. The van der Waals surface area contributed by atoms with Crippen LogP contribution in [0.2, 0.25) is 0 Å². The van der Waals surface area contributed by atoms with E-state index in [4.69, 9.17) is 20.5 Å². The number of rotatable bonds is 4. The number of benzene rings is 1. The van der Waals surface area contributed by atoms with Crippen LogP contribution in [0.5, 0.6) is 11.5 Å². The molecule has 0 saturated heterocycles. The Morgan fingerprint density at radius 3 is 2.56 bits per heavy atom. The van der Waals surface area contributed by atoms with Gasteiger partial charge in [0.2, 0.25) is 0 Å². The molecule has 0 saturated carbocycles. The first-order valence-corrected chi connectivity index (χ1v) is 5.94. The lowest BCUT2D eigenvalue weighted by atomic mass is 10.1. The predicted octanol–water partition coefficient (Wildman–Crippen LogP) is 1.70. The molecule has 0 spiro atoms. The van der Waals surface area contributed by atoms with E-state index in [1.165, 1.54) is 13.2 Å². The van der Waals surface area contributed by atoms with Gasteiger partial charge in [0.15, 0.2) is 11.5 Å². The largest absolute Gasteiger partial charge is 0.493 e. The molecule has 94 valence electrons. The molecule has 1 amide bonds. The van der Waals surface area contributed by atoms with Crippen LogP contribution in [0.4, 0.5) is 0 Å². The molecule has 1 aromatic rings.